The van der Waals surface area contributed by atoms with Crippen LogP contribution in [0.2, 0.25) is 0 Å². The molecule has 3 atom stereocenters. The quantitative estimate of drug-likeness (QED) is 0.383. The first-order chi connectivity index (χ1) is 15.3. The molecule has 0 unspecified atom stereocenters. The van der Waals surface area contributed by atoms with Crippen LogP contribution in [0, 0.1) is 0 Å². The molecular weight excluding hydrogens is 406 g/mol. The zero-order valence-corrected chi connectivity index (χ0v) is 18.3. The molecule has 166 valence electrons. The number of nitrogens with one attached hydrogen (secondary N) is 1. The maximum absolute atomic E-state index is 12.1. The van der Waals surface area contributed by atoms with Gasteiger partial charge in [0, 0.05) is 23.6 Å². The van der Waals surface area contributed by atoms with Crippen molar-refractivity contribution < 1.29 is 24.5 Å². The van der Waals surface area contributed by atoms with Gasteiger partial charge in [0.2, 0.25) is 0 Å². The first-order valence-corrected chi connectivity index (χ1v) is 10.7. The highest BCUT2D eigenvalue weighted by molar-refractivity contribution is 5.73. The van der Waals surface area contributed by atoms with Crippen LogP contribution in [-0.2, 0) is 10.2 Å². The predicted molar refractivity (Wildman–Crippen MR) is 121 cm³/mol. The molecule has 0 aliphatic carbocycles. The number of aromatic hydroxyl groups is 2. The van der Waals surface area contributed by atoms with Crippen molar-refractivity contribution in [2.24, 2.45) is 0 Å². The summed E-state index contributed by atoms with van der Waals surface area (Å²) in [5.41, 5.74) is 1.53. The van der Waals surface area contributed by atoms with E-state index in [1.807, 2.05) is 44.2 Å². The molecule has 0 saturated carbocycles. The summed E-state index contributed by atoms with van der Waals surface area (Å²) in [6.07, 6.45) is -0.340. The molecule has 0 spiro atoms. The van der Waals surface area contributed by atoms with E-state index in [4.69, 9.17) is 9.47 Å². The molecular formula is C26H27NO5. The molecule has 1 aliphatic heterocycles. The van der Waals surface area contributed by atoms with Gasteiger partial charge in [-0.1, -0.05) is 37.3 Å². The molecule has 0 aromatic heterocycles. The number of hydrogen-bond donors (Lipinski definition) is 3. The highest BCUT2D eigenvalue weighted by Crippen LogP contribution is 2.51. The lowest BCUT2D eigenvalue weighted by Gasteiger charge is -2.34. The smallest absolute Gasteiger partial charge is 0.310 e. The molecule has 0 amide bonds. The number of benzene rings is 3. The standard InChI is InChI=1S/C26H27NO5/c1-4-24(30)31-22-12-10-18(28)14-20(22)26(3)21-15-19(29)11-13-23(21)32-25(26)27-16(2)17-8-6-5-7-9-17/h5-16,25,27-29H,4H2,1-3H3/t16-,25+,26-/m1/s1. The minimum Gasteiger partial charge on any atom is -0.508 e. The van der Waals surface area contributed by atoms with E-state index >= 15 is 0 Å². The van der Waals surface area contributed by atoms with E-state index in [9.17, 15) is 15.0 Å². The second-order valence-corrected chi connectivity index (χ2v) is 8.19. The summed E-state index contributed by atoms with van der Waals surface area (Å²) in [4.78, 5) is 12.1. The number of phenols is 2. The molecule has 3 aromatic carbocycles. The lowest BCUT2D eigenvalue weighted by Crippen LogP contribution is -2.48. The van der Waals surface area contributed by atoms with Crippen molar-refractivity contribution >= 4 is 5.97 Å². The van der Waals surface area contributed by atoms with Crippen molar-refractivity contribution in [1.82, 2.24) is 5.32 Å². The van der Waals surface area contributed by atoms with Crippen LogP contribution in [0.3, 0.4) is 0 Å². The van der Waals surface area contributed by atoms with E-state index in [1.165, 1.54) is 6.07 Å². The Bertz CT molecular complexity index is 1130. The zero-order valence-electron chi connectivity index (χ0n) is 18.3. The minimum absolute atomic E-state index is 0.0426. The number of esters is 1. The molecule has 3 aromatic rings. The molecule has 3 N–H and O–H groups in total. The number of hydrogen-bond acceptors (Lipinski definition) is 6. The zero-order chi connectivity index (χ0) is 22.9. The molecule has 1 heterocycles. The lowest BCUT2D eigenvalue weighted by molar-refractivity contribution is -0.134. The van der Waals surface area contributed by atoms with Crippen LogP contribution in [0.25, 0.3) is 0 Å². The summed E-state index contributed by atoms with van der Waals surface area (Å²) in [7, 11) is 0. The summed E-state index contributed by atoms with van der Waals surface area (Å²) < 4.78 is 11.9. The van der Waals surface area contributed by atoms with Gasteiger partial charge in [-0.3, -0.25) is 10.1 Å². The molecule has 0 bridgehead atoms. The van der Waals surface area contributed by atoms with Gasteiger partial charge < -0.3 is 19.7 Å². The van der Waals surface area contributed by atoms with Gasteiger partial charge in [-0.05, 0) is 55.8 Å². The van der Waals surface area contributed by atoms with E-state index in [0.717, 1.165) is 11.1 Å². The average Bonchev–Trinajstić information content (AvgIpc) is 3.07. The SMILES string of the molecule is CCC(=O)Oc1ccc(O)cc1[C@]1(C)c2cc(O)ccc2O[C@@H]1N[C@H](C)c1ccccc1. The largest absolute Gasteiger partial charge is 0.508 e. The Hall–Kier alpha value is -3.51. The van der Waals surface area contributed by atoms with E-state index in [-0.39, 0.29) is 29.9 Å². The number of carbonyl (C=O) groups is 1. The van der Waals surface area contributed by atoms with Gasteiger partial charge in [-0.15, -0.1) is 0 Å². The van der Waals surface area contributed by atoms with Crippen molar-refractivity contribution in [3.8, 4) is 23.0 Å². The van der Waals surface area contributed by atoms with Crippen LogP contribution < -0.4 is 14.8 Å². The molecule has 1 aliphatic rings. The van der Waals surface area contributed by atoms with Gasteiger partial charge in [-0.25, -0.2) is 0 Å². The summed E-state index contributed by atoms with van der Waals surface area (Å²) in [5, 5.41) is 24.1. The van der Waals surface area contributed by atoms with Gasteiger partial charge in [0.05, 0.1) is 5.41 Å². The number of carbonyl (C=O) groups excluding carboxylic acids is 1. The average molecular weight is 434 g/mol. The molecule has 0 saturated heterocycles. The van der Waals surface area contributed by atoms with Gasteiger partial charge >= 0.3 is 5.97 Å². The van der Waals surface area contributed by atoms with Crippen LogP contribution in [0.5, 0.6) is 23.0 Å². The summed E-state index contributed by atoms with van der Waals surface area (Å²) in [6.45, 7) is 5.72. The van der Waals surface area contributed by atoms with Gasteiger partial charge in [0.25, 0.3) is 0 Å². The summed E-state index contributed by atoms with van der Waals surface area (Å²) in [5.74, 6) is 0.719. The van der Waals surface area contributed by atoms with E-state index < -0.39 is 11.6 Å². The van der Waals surface area contributed by atoms with Crippen molar-refractivity contribution in [3.05, 3.63) is 83.4 Å². The fourth-order valence-electron chi connectivity index (χ4n) is 4.17. The van der Waals surface area contributed by atoms with Crippen molar-refractivity contribution in [1.29, 1.82) is 0 Å². The topological polar surface area (TPSA) is 88.0 Å². The third kappa shape index (κ3) is 3.89. The highest BCUT2D eigenvalue weighted by Gasteiger charge is 2.49. The minimum atomic E-state index is -0.876. The van der Waals surface area contributed by atoms with Gasteiger partial charge in [0.15, 0.2) is 6.23 Å². The Labute approximate surface area is 187 Å². The fraction of sp³-hybridized carbons (Fsp3) is 0.269. The molecule has 0 fully saturated rings. The fourth-order valence-corrected chi connectivity index (χ4v) is 4.17. The predicted octanol–water partition coefficient (Wildman–Crippen LogP) is 4.79. The molecule has 4 rings (SSSR count). The number of phenolic OH excluding ortho intramolecular Hbond substituents is 2. The normalized spacial score (nSPS) is 20.3. The second kappa shape index (κ2) is 8.55. The first-order valence-electron chi connectivity index (χ1n) is 10.7. The summed E-state index contributed by atoms with van der Waals surface area (Å²) in [6, 6.07) is 19.5. The van der Waals surface area contributed by atoms with E-state index in [0.29, 0.717) is 17.1 Å². The highest BCUT2D eigenvalue weighted by atomic mass is 16.5. The van der Waals surface area contributed by atoms with Crippen LogP contribution in [0.15, 0.2) is 66.7 Å². The van der Waals surface area contributed by atoms with Crippen molar-refractivity contribution in [3.63, 3.8) is 0 Å². The number of fused-ring (bicyclic) bond motifs is 1. The molecule has 6 heteroatoms. The lowest BCUT2D eigenvalue weighted by atomic mass is 9.75. The maximum atomic E-state index is 12.1. The van der Waals surface area contributed by atoms with Crippen LogP contribution in [-0.4, -0.2) is 22.4 Å². The Morgan fingerprint density at radius 2 is 1.72 bits per heavy atom. The Balaban J connectivity index is 1.83. The second-order valence-electron chi connectivity index (χ2n) is 8.19. The summed E-state index contributed by atoms with van der Waals surface area (Å²) >= 11 is 0. The van der Waals surface area contributed by atoms with E-state index in [2.05, 4.69) is 5.32 Å². The van der Waals surface area contributed by atoms with Gasteiger partial charge in [0.1, 0.15) is 23.0 Å². The molecule has 6 nitrogen and oxygen atoms in total. The molecule has 0 radical (unpaired) electrons. The van der Waals surface area contributed by atoms with E-state index in [1.54, 1.807) is 37.3 Å². The third-order valence-electron chi connectivity index (χ3n) is 6.03. The number of ether oxygens (including phenoxy) is 2. The molecule has 32 heavy (non-hydrogen) atoms. The van der Waals surface area contributed by atoms with Crippen LogP contribution >= 0.6 is 0 Å². The van der Waals surface area contributed by atoms with Crippen LogP contribution in [0.1, 0.15) is 49.9 Å². The van der Waals surface area contributed by atoms with Crippen molar-refractivity contribution in [2.75, 3.05) is 0 Å². The Morgan fingerprint density at radius 1 is 1.06 bits per heavy atom. The van der Waals surface area contributed by atoms with Crippen LogP contribution in [0.4, 0.5) is 0 Å². The third-order valence-corrected chi connectivity index (χ3v) is 6.03. The Kier molecular flexibility index (Phi) is 5.80. The van der Waals surface area contributed by atoms with Crippen molar-refractivity contribution in [2.45, 2.75) is 44.9 Å². The monoisotopic (exact) mass is 433 g/mol. The first kappa shape index (κ1) is 21.7. The number of rotatable bonds is 6. The Morgan fingerprint density at radius 3 is 2.41 bits per heavy atom. The van der Waals surface area contributed by atoms with Gasteiger partial charge in [-0.2, -0.15) is 0 Å². The maximum Gasteiger partial charge on any atom is 0.310 e.